The van der Waals surface area contributed by atoms with Gasteiger partial charge in [-0.3, -0.25) is 4.98 Å². The second-order valence-electron chi connectivity index (χ2n) is 7.41. The third kappa shape index (κ3) is 4.22. The van der Waals surface area contributed by atoms with Gasteiger partial charge in [0, 0.05) is 41.3 Å². The van der Waals surface area contributed by atoms with Gasteiger partial charge in [0.05, 0.1) is 17.8 Å². The first-order chi connectivity index (χ1) is 14.0. The van der Waals surface area contributed by atoms with Gasteiger partial charge in [-0.05, 0) is 68.8 Å². The Labute approximate surface area is 185 Å². The summed E-state index contributed by atoms with van der Waals surface area (Å²) in [5.41, 5.74) is 3.29. The summed E-state index contributed by atoms with van der Waals surface area (Å²) >= 11 is 9.35. The molecule has 1 saturated heterocycles. The maximum absolute atomic E-state index is 5.75. The number of likely N-dealkylation sites (N-methyl/N-ethyl adjacent to an activating group) is 1. The molecule has 0 aliphatic carbocycles. The van der Waals surface area contributed by atoms with Crippen LogP contribution in [0.2, 0.25) is 0 Å². The van der Waals surface area contributed by atoms with Crippen molar-refractivity contribution >= 4 is 33.3 Å². The smallest absolute Gasteiger partial charge is 0.170 e. The summed E-state index contributed by atoms with van der Waals surface area (Å²) in [6.07, 6.45) is 3.95. The van der Waals surface area contributed by atoms with Crippen molar-refractivity contribution in [2.24, 2.45) is 0 Å². The largest absolute Gasteiger partial charge is 0.352 e. The Hall–Kier alpha value is -2.22. The van der Waals surface area contributed by atoms with Crippen LogP contribution in [-0.2, 0) is 0 Å². The summed E-state index contributed by atoms with van der Waals surface area (Å²) in [6.45, 7) is 1.77. The van der Waals surface area contributed by atoms with E-state index in [4.69, 9.17) is 12.2 Å². The van der Waals surface area contributed by atoms with Gasteiger partial charge >= 0.3 is 0 Å². The molecule has 1 aromatic carbocycles. The van der Waals surface area contributed by atoms with Gasteiger partial charge in [-0.2, -0.15) is 0 Å². The van der Waals surface area contributed by atoms with Crippen molar-refractivity contribution in [3.05, 3.63) is 82.9 Å². The van der Waals surface area contributed by atoms with Gasteiger partial charge in [-0.25, -0.2) is 0 Å². The highest BCUT2D eigenvalue weighted by atomic mass is 79.9. The number of aromatic nitrogens is 2. The zero-order chi connectivity index (χ0) is 20.4. The van der Waals surface area contributed by atoms with Gasteiger partial charge in [-0.1, -0.05) is 28.1 Å². The molecule has 5 nitrogen and oxygen atoms in total. The molecule has 1 N–H and O–H groups in total. The van der Waals surface area contributed by atoms with Gasteiger partial charge in [0.25, 0.3) is 0 Å². The second kappa shape index (κ2) is 8.65. The first-order valence-corrected chi connectivity index (χ1v) is 10.8. The SMILES string of the molecule is CN(C)CCN1C(=S)NC(c2ccccn2)C1c1cccn1-c1cccc(Br)c1. The quantitative estimate of drug-likeness (QED) is 0.548. The molecule has 0 amide bonds. The lowest BCUT2D eigenvalue weighted by molar-refractivity contribution is 0.272. The molecule has 150 valence electrons. The van der Waals surface area contributed by atoms with Crippen molar-refractivity contribution in [1.29, 1.82) is 0 Å². The van der Waals surface area contributed by atoms with E-state index in [1.165, 1.54) is 5.69 Å². The Morgan fingerprint density at radius 2 is 2.00 bits per heavy atom. The summed E-state index contributed by atoms with van der Waals surface area (Å²) < 4.78 is 3.30. The Balaban J connectivity index is 1.78. The monoisotopic (exact) mass is 469 g/mol. The first kappa shape index (κ1) is 20.1. The van der Waals surface area contributed by atoms with E-state index < -0.39 is 0 Å². The zero-order valence-corrected chi connectivity index (χ0v) is 18.9. The number of halogens is 1. The third-order valence-corrected chi connectivity index (χ3v) is 6.00. The van der Waals surface area contributed by atoms with Crippen molar-refractivity contribution in [2.75, 3.05) is 27.2 Å². The van der Waals surface area contributed by atoms with Gasteiger partial charge < -0.3 is 19.7 Å². The summed E-state index contributed by atoms with van der Waals surface area (Å²) in [4.78, 5) is 9.10. The number of hydrogen-bond acceptors (Lipinski definition) is 3. The molecule has 7 heteroatoms. The van der Waals surface area contributed by atoms with Crippen LogP contribution in [-0.4, -0.2) is 51.6 Å². The maximum atomic E-state index is 5.75. The van der Waals surface area contributed by atoms with Gasteiger partial charge in [-0.15, -0.1) is 0 Å². The topological polar surface area (TPSA) is 36.3 Å². The lowest BCUT2D eigenvalue weighted by Crippen LogP contribution is -2.36. The maximum Gasteiger partial charge on any atom is 0.170 e. The average molecular weight is 470 g/mol. The molecule has 2 unspecified atom stereocenters. The second-order valence-corrected chi connectivity index (χ2v) is 8.71. The van der Waals surface area contributed by atoms with E-state index in [1.54, 1.807) is 0 Å². The summed E-state index contributed by atoms with van der Waals surface area (Å²) in [5, 5.41) is 4.30. The number of thiocarbonyl (C=S) groups is 1. The minimum absolute atomic E-state index is 0.00772. The number of rotatable bonds is 6. The Bertz CT molecular complexity index is 988. The van der Waals surface area contributed by atoms with Crippen molar-refractivity contribution < 1.29 is 0 Å². The normalized spacial score (nSPS) is 19.0. The molecule has 4 rings (SSSR count). The van der Waals surface area contributed by atoms with Gasteiger partial charge in [0.1, 0.15) is 0 Å². The van der Waals surface area contributed by atoms with E-state index in [1.807, 2.05) is 24.4 Å². The molecule has 29 heavy (non-hydrogen) atoms. The zero-order valence-electron chi connectivity index (χ0n) is 16.5. The number of benzene rings is 1. The van der Waals surface area contributed by atoms with Crippen LogP contribution in [0.25, 0.3) is 5.69 Å². The molecule has 3 aromatic rings. The van der Waals surface area contributed by atoms with E-state index in [2.05, 4.69) is 97.3 Å². The lowest BCUT2D eigenvalue weighted by Gasteiger charge is -2.29. The highest BCUT2D eigenvalue weighted by Crippen LogP contribution is 2.39. The van der Waals surface area contributed by atoms with Gasteiger partial charge in [0.15, 0.2) is 5.11 Å². The molecule has 2 atom stereocenters. The predicted molar refractivity (Wildman–Crippen MR) is 124 cm³/mol. The Morgan fingerprint density at radius 3 is 2.72 bits per heavy atom. The first-order valence-electron chi connectivity index (χ1n) is 9.60. The highest BCUT2D eigenvalue weighted by Gasteiger charge is 2.41. The third-order valence-electron chi connectivity index (χ3n) is 5.16. The van der Waals surface area contributed by atoms with Crippen molar-refractivity contribution in [1.82, 2.24) is 24.7 Å². The van der Waals surface area contributed by atoms with Crippen molar-refractivity contribution in [3.63, 3.8) is 0 Å². The van der Waals surface area contributed by atoms with Crippen LogP contribution in [0.1, 0.15) is 23.5 Å². The average Bonchev–Trinajstić information content (AvgIpc) is 3.31. The van der Waals surface area contributed by atoms with Crippen LogP contribution in [0.3, 0.4) is 0 Å². The van der Waals surface area contributed by atoms with E-state index in [9.17, 15) is 0 Å². The predicted octanol–water partition coefficient (Wildman–Crippen LogP) is 4.17. The molecule has 3 heterocycles. The van der Waals surface area contributed by atoms with Gasteiger partial charge in [0.2, 0.25) is 0 Å². The van der Waals surface area contributed by atoms with Crippen LogP contribution in [0, 0.1) is 0 Å². The lowest BCUT2D eigenvalue weighted by atomic mass is 10.0. The number of nitrogens with one attached hydrogen (secondary N) is 1. The fraction of sp³-hybridized carbons (Fsp3) is 0.273. The summed E-state index contributed by atoms with van der Waals surface area (Å²) in [7, 11) is 4.17. The highest BCUT2D eigenvalue weighted by molar-refractivity contribution is 9.10. The molecule has 2 aromatic heterocycles. The van der Waals surface area contributed by atoms with Crippen molar-refractivity contribution in [2.45, 2.75) is 12.1 Å². The minimum atomic E-state index is -0.00772. The van der Waals surface area contributed by atoms with Crippen molar-refractivity contribution in [3.8, 4) is 5.69 Å². The molecule has 1 aliphatic rings. The Morgan fingerprint density at radius 1 is 1.14 bits per heavy atom. The standard InChI is InChI=1S/C22H24BrN5S/c1-26(2)13-14-28-21(20(25-22(28)29)18-9-3-4-11-24-18)19-10-6-12-27(19)17-8-5-7-16(23)15-17/h3-12,15,20-21H,13-14H2,1-2H3,(H,25,29). The van der Waals surface area contributed by atoms with E-state index in [0.717, 1.165) is 34.1 Å². The fourth-order valence-electron chi connectivity index (χ4n) is 3.77. The van der Waals surface area contributed by atoms with Crippen LogP contribution >= 0.6 is 28.1 Å². The Kier molecular flexibility index (Phi) is 5.99. The summed E-state index contributed by atoms with van der Waals surface area (Å²) in [6, 6.07) is 18.7. The number of hydrogen-bond donors (Lipinski definition) is 1. The fourth-order valence-corrected chi connectivity index (χ4v) is 4.49. The molecule has 0 saturated carbocycles. The molecular formula is C22H24BrN5S. The van der Waals surface area contributed by atoms with Crippen LogP contribution in [0.4, 0.5) is 0 Å². The van der Waals surface area contributed by atoms with E-state index in [-0.39, 0.29) is 12.1 Å². The molecule has 1 fully saturated rings. The van der Waals surface area contributed by atoms with Crippen LogP contribution in [0.5, 0.6) is 0 Å². The van der Waals surface area contributed by atoms with E-state index >= 15 is 0 Å². The molecule has 1 aliphatic heterocycles. The molecule has 0 bridgehead atoms. The van der Waals surface area contributed by atoms with Crippen LogP contribution in [0.15, 0.2) is 71.5 Å². The van der Waals surface area contributed by atoms with Crippen LogP contribution < -0.4 is 5.32 Å². The molecule has 0 radical (unpaired) electrons. The minimum Gasteiger partial charge on any atom is -0.352 e. The number of pyridine rings is 1. The molecular weight excluding hydrogens is 446 g/mol. The van der Waals surface area contributed by atoms with E-state index in [0.29, 0.717) is 0 Å². The number of nitrogens with zero attached hydrogens (tertiary/aromatic N) is 4. The summed E-state index contributed by atoms with van der Waals surface area (Å²) in [5.74, 6) is 0. The molecule has 0 spiro atoms.